The average molecular weight is 724 g/mol. The maximum absolute atomic E-state index is 13.8. The fourth-order valence-corrected chi connectivity index (χ4v) is 14.1. The number of carboxylic acids is 1. The number of nitrogens with zero attached hydrogens (tertiary/aromatic N) is 1. The first-order valence-electron chi connectivity index (χ1n) is 14.9. The number of carbonyl (C=O) groups excluding carboxylic acids is 3. The molecular formula is C28H43N3O11P2S2. The van der Waals surface area contributed by atoms with Crippen molar-refractivity contribution in [1.29, 1.82) is 0 Å². The maximum Gasteiger partial charge on any atom is 0.346 e. The summed E-state index contributed by atoms with van der Waals surface area (Å²) in [6, 6.07) is 5.26. The van der Waals surface area contributed by atoms with E-state index in [1.54, 1.807) is 71.9 Å². The second-order valence-corrected chi connectivity index (χ2v) is 18.4. The summed E-state index contributed by atoms with van der Waals surface area (Å²) in [7, 11) is -8.03. The zero-order valence-corrected chi connectivity index (χ0v) is 30.1. The first-order valence-corrected chi connectivity index (χ1v) is 20.2. The number of benzene rings is 1. The van der Waals surface area contributed by atoms with E-state index in [0.29, 0.717) is 5.56 Å². The number of amides is 3. The molecule has 0 aromatic heterocycles. The number of aliphatic carboxylic acids is 1. The van der Waals surface area contributed by atoms with E-state index in [1.165, 1.54) is 16.7 Å². The molecule has 3 amide bonds. The lowest BCUT2D eigenvalue weighted by Crippen LogP contribution is -2.71. The second-order valence-electron chi connectivity index (χ2n) is 10.7. The number of fused-ring (bicyclic) bond motifs is 1. The van der Waals surface area contributed by atoms with Gasteiger partial charge in [-0.1, -0.05) is 30.3 Å². The van der Waals surface area contributed by atoms with Crippen LogP contribution in [0.15, 0.2) is 30.3 Å². The van der Waals surface area contributed by atoms with Gasteiger partial charge >= 0.3 is 21.2 Å². The van der Waals surface area contributed by atoms with Gasteiger partial charge in [-0.2, -0.15) is 11.8 Å². The van der Waals surface area contributed by atoms with Crippen LogP contribution in [0.5, 0.6) is 0 Å². The molecule has 4 atom stereocenters. The molecule has 1 aromatic rings. The predicted molar refractivity (Wildman–Crippen MR) is 176 cm³/mol. The van der Waals surface area contributed by atoms with Gasteiger partial charge in [-0.05, 0) is 47.1 Å². The standard InChI is InChI=1S/C28H43N3O11P2S2/c1-7-39-43(37,40-8-2)20(44(38,41-9-3)42-10-4)17-45-16-19(32)29-21(18-14-12-11-13-15-18)24(33)30-22-25(34)31-23(27(35)36)28(5,6)46-26(22)31/h11-15,20-23,26H,7-10,16-17H2,1-6H3,(H,29,32)(H,30,33)(H,35,36). The van der Waals surface area contributed by atoms with E-state index in [0.717, 1.165) is 11.8 Å². The van der Waals surface area contributed by atoms with Crippen molar-refractivity contribution in [3.8, 4) is 0 Å². The molecule has 258 valence electrons. The number of rotatable bonds is 19. The first kappa shape index (κ1) is 38.5. The number of thioether (sulfide) groups is 2. The highest BCUT2D eigenvalue weighted by atomic mass is 32.2. The van der Waals surface area contributed by atoms with Gasteiger partial charge in [-0.3, -0.25) is 23.5 Å². The van der Waals surface area contributed by atoms with E-state index in [2.05, 4.69) is 10.6 Å². The third-order valence-electron chi connectivity index (χ3n) is 7.14. The van der Waals surface area contributed by atoms with E-state index in [4.69, 9.17) is 18.1 Å². The Morgan fingerprint density at radius 3 is 1.98 bits per heavy atom. The summed E-state index contributed by atoms with van der Waals surface area (Å²) in [4.78, 5) is 52.9. The topological polar surface area (TPSA) is 187 Å². The summed E-state index contributed by atoms with van der Waals surface area (Å²) in [5, 5.41) is 13.2. The molecule has 2 aliphatic rings. The van der Waals surface area contributed by atoms with Crippen molar-refractivity contribution in [3.63, 3.8) is 0 Å². The Hall–Kier alpha value is -1.90. The summed E-state index contributed by atoms with van der Waals surface area (Å²) in [5.74, 6) is -3.22. The summed E-state index contributed by atoms with van der Waals surface area (Å²) >= 11 is 2.29. The van der Waals surface area contributed by atoms with Crippen LogP contribution in [-0.4, -0.2) is 99.2 Å². The molecule has 0 bridgehead atoms. The summed E-state index contributed by atoms with van der Waals surface area (Å²) in [5.41, 5.74) is 0.456. The lowest BCUT2D eigenvalue weighted by molar-refractivity contribution is -0.161. The zero-order valence-electron chi connectivity index (χ0n) is 26.7. The van der Waals surface area contributed by atoms with Crippen LogP contribution >= 0.6 is 38.7 Å². The third-order valence-corrected chi connectivity index (χ3v) is 16.2. The molecule has 4 unspecified atom stereocenters. The molecule has 2 aliphatic heterocycles. The zero-order chi connectivity index (χ0) is 34.3. The Kier molecular flexibility index (Phi) is 13.8. The van der Waals surface area contributed by atoms with Crippen LogP contribution in [0.2, 0.25) is 0 Å². The van der Waals surface area contributed by atoms with Crippen molar-refractivity contribution in [2.45, 2.75) is 75.2 Å². The van der Waals surface area contributed by atoms with Crippen LogP contribution in [0.3, 0.4) is 0 Å². The van der Waals surface area contributed by atoms with Crippen LogP contribution in [0.1, 0.15) is 53.1 Å². The van der Waals surface area contributed by atoms with Crippen molar-refractivity contribution < 1.29 is 51.5 Å². The lowest BCUT2D eigenvalue weighted by Gasteiger charge is -2.44. The van der Waals surface area contributed by atoms with Gasteiger partial charge in [0.05, 0.1) is 32.2 Å². The Bertz CT molecular complexity index is 1300. The van der Waals surface area contributed by atoms with Crippen LogP contribution in [0, 0.1) is 0 Å². The molecule has 3 N–H and O–H groups in total. The molecule has 0 aliphatic carbocycles. The molecular weight excluding hydrogens is 680 g/mol. The van der Waals surface area contributed by atoms with E-state index in [1.807, 2.05) is 0 Å². The molecule has 14 nitrogen and oxygen atoms in total. The van der Waals surface area contributed by atoms with Gasteiger partial charge in [0, 0.05) is 10.5 Å². The number of carbonyl (C=O) groups is 4. The minimum absolute atomic E-state index is 0.0140. The average Bonchev–Trinajstić information content (AvgIpc) is 3.25. The van der Waals surface area contributed by atoms with Gasteiger partial charge in [-0.15, -0.1) is 11.8 Å². The molecule has 1 aromatic carbocycles. The van der Waals surface area contributed by atoms with Gasteiger partial charge in [-0.25, -0.2) is 4.79 Å². The third kappa shape index (κ3) is 8.57. The molecule has 3 rings (SSSR count). The molecule has 46 heavy (non-hydrogen) atoms. The molecule has 0 saturated carbocycles. The first-order chi connectivity index (χ1) is 21.7. The number of hydrogen-bond donors (Lipinski definition) is 3. The van der Waals surface area contributed by atoms with Crippen LogP contribution in [-0.2, 0) is 46.4 Å². The Labute approximate surface area is 277 Å². The lowest BCUT2D eigenvalue weighted by atomic mass is 9.95. The van der Waals surface area contributed by atoms with Crippen molar-refractivity contribution >= 4 is 62.4 Å². The van der Waals surface area contributed by atoms with Crippen molar-refractivity contribution in [2.24, 2.45) is 0 Å². The van der Waals surface area contributed by atoms with E-state index < -0.39 is 72.5 Å². The smallest absolute Gasteiger partial charge is 0.346 e. The van der Waals surface area contributed by atoms with E-state index >= 15 is 0 Å². The Morgan fingerprint density at radius 2 is 1.50 bits per heavy atom. The fraction of sp³-hybridized carbons (Fsp3) is 0.643. The highest BCUT2D eigenvalue weighted by molar-refractivity contribution is 8.01. The number of carboxylic acid groups (broad SMARTS) is 1. The SMILES string of the molecule is CCOP(=O)(OCC)C(CSCC(=O)NC(C(=O)NC1C(=O)N2C1SC(C)(C)C2C(=O)O)c1ccccc1)P(=O)(OCC)OCC. The summed E-state index contributed by atoms with van der Waals surface area (Å²) in [6.45, 7) is 10.0. The molecule has 2 saturated heterocycles. The fourth-order valence-electron chi connectivity index (χ4n) is 5.28. The van der Waals surface area contributed by atoms with Crippen molar-refractivity contribution in [3.05, 3.63) is 35.9 Å². The largest absolute Gasteiger partial charge is 0.480 e. The van der Waals surface area contributed by atoms with Crippen LogP contribution in [0.25, 0.3) is 0 Å². The molecule has 0 radical (unpaired) electrons. The number of hydrogen-bond acceptors (Lipinski definition) is 12. The van der Waals surface area contributed by atoms with Gasteiger partial charge in [0.2, 0.25) is 17.7 Å². The van der Waals surface area contributed by atoms with Gasteiger partial charge in [0.15, 0.2) is 5.40 Å². The highest BCUT2D eigenvalue weighted by Gasteiger charge is 2.64. The second kappa shape index (κ2) is 16.5. The van der Waals surface area contributed by atoms with Crippen LogP contribution < -0.4 is 10.6 Å². The normalized spacial score (nSPS) is 21.4. The van der Waals surface area contributed by atoms with E-state index in [9.17, 15) is 33.4 Å². The summed E-state index contributed by atoms with van der Waals surface area (Å²) < 4.78 is 48.7. The van der Waals surface area contributed by atoms with Crippen molar-refractivity contribution in [2.75, 3.05) is 37.9 Å². The highest BCUT2D eigenvalue weighted by Crippen LogP contribution is 2.71. The van der Waals surface area contributed by atoms with Crippen molar-refractivity contribution in [1.82, 2.24) is 15.5 Å². The molecule has 18 heteroatoms. The van der Waals surface area contributed by atoms with E-state index in [-0.39, 0.29) is 37.9 Å². The Morgan fingerprint density at radius 1 is 0.978 bits per heavy atom. The minimum Gasteiger partial charge on any atom is -0.480 e. The minimum atomic E-state index is -4.01. The quantitative estimate of drug-likeness (QED) is 0.137. The molecule has 0 spiro atoms. The molecule has 2 heterocycles. The number of β-lactam (4-membered cyclic amide) rings is 1. The van der Waals surface area contributed by atoms with Gasteiger partial charge in [0.25, 0.3) is 0 Å². The Balaban J connectivity index is 1.75. The number of nitrogens with one attached hydrogen (secondary N) is 2. The van der Waals surface area contributed by atoms with Gasteiger partial charge < -0.3 is 38.7 Å². The molecule has 2 fully saturated rings. The van der Waals surface area contributed by atoms with Gasteiger partial charge in [0.1, 0.15) is 23.5 Å². The van der Waals surface area contributed by atoms with Crippen LogP contribution in [0.4, 0.5) is 0 Å². The predicted octanol–water partition coefficient (Wildman–Crippen LogP) is 4.07. The monoisotopic (exact) mass is 723 g/mol. The summed E-state index contributed by atoms with van der Waals surface area (Å²) in [6.07, 6.45) is 0. The maximum atomic E-state index is 13.8.